The van der Waals surface area contributed by atoms with Gasteiger partial charge in [0.1, 0.15) is 19.0 Å². The lowest BCUT2D eigenvalue weighted by molar-refractivity contribution is 0.102. The van der Waals surface area contributed by atoms with Gasteiger partial charge in [0.15, 0.2) is 16.6 Å². The summed E-state index contributed by atoms with van der Waals surface area (Å²) in [6.45, 7) is 3.56. The quantitative estimate of drug-likeness (QED) is 0.771. The second kappa shape index (κ2) is 6.60. The zero-order chi connectivity index (χ0) is 17.2. The summed E-state index contributed by atoms with van der Waals surface area (Å²) >= 11 is 1.41. The summed E-state index contributed by atoms with van der Waals surface area (Å²) in [6.07, 6.45) is 0. The van der Waals surface area contributed by atoms with Gasteiger partial charge in [0.25, 0.3) is 5.91 Å². The van der Waals surface area contributed by atoms with Crippen LogP contribution in [0.15, 0.2) is 36.4 Å². The average Bonchev–Trinajstić information content (AvgIpc) is 3.03. The maximum atomic E-state index is 12.5. The molecule has 1 N–H and O–H groups in total. The molecule has 25 heavy (non-hydrogen) atoms. The third kappa shape index (κ3) is 3.23. The van der Waals surface area contributed by atoms with Crippen molar-refractivity contribution in [1.82, 2.24) is 4.98 Å². The molecule has 1 amide bonds. The van der Waals surface area contributed by atoms with Crippen molar-refractivity contribution in [3.63, 3.8) is 0 Å². The van der Waals surface area contributed by atoms with Crippen molar-refractivity contribution in [2.75, 3.05) is 25.1 Å². The first-order chi connectivity index (χ1) is 12.2. The Hall–Kier alpha value is -2.80. The smallest absolute Gasteiger partial charge is 0.257 e. The van der Waals surface area contributed by atoms with Crippen LogP contribution in [0.2, 0.25) is 0 Å². The number of thiazole rings is 1. The summed E-state index contributed by atoms with van der Waals surface area (Å²) in [4.78, 5) is 16.9. The third-order valence-electron chi connectivity index (χ3n) is 3.70. The predicted molar refractivity (Wildman–Crippen MR) is 96.2 cm³/mol. The molecule has 1 aliphatic heterocycles. The van der Waals surface area contributed by atoms with Gasteiger partial charge in [-0.15, -0.1) is 0 Å². The van der Waals surface area contributed by atoms with Crippen molar-refractivity contribution < 1.29 is 19.0 Å². The van der Waals surface area contributed by atoms with Gasteiger partial charge in [-0.2, -0.15) is 0 Å². The third-order valence-corrected chi connectivity index (χ3v) is 4.63. The van der Waals surface area contributed by atoms with Crippen LogP contribution in [-0.4, -0.2) is 30.7 Å². The minimum atomic E-state index is -0.235. The highest BCUT2D eigenvalue weighted by Gasteiger charge is 2.16. The van der Waals surface area contributed by atoms with Crippen LogP contribution in [0, 0.1) is 0 Å². The van der Waals surface area contributed by atoms with Crippen LogP contribution in [0.5, 0.6) is 17.2 Å². The monoisotopic (exact) mass is 356 g/mol. The minimum Gasteiger partial charge on any atom is -0.494 e. The zero-order valence-corrected chi connectivity index (χ0v) is 14.4. The Morgan fingerprint density at radius 3 is 2.88 bits per heavy atom. The minimum absolute atomic E-state index is 0.235. The molecule has 0 atom stereocenters. The molecular formula is C18H16N2O4S. The molecule has 0 bridgehead atoms. The standard InChI is InChI=1S/C18H16N2O4S/c1-2-22-12-4-5-13-16(10-12)25-18(19-13)20-17(21)11-3-6-14-15(9-11)24-8-7-23-14/h3-6,9-10H,2,7-8H2,1H3,(H,19,20,21). The lowest BCUT2D eigenvalue weighted by Crippen LogP contribution is -2.17. The first-order valence-corrected chi connectivity index (χ1v) is 8.79. The van der Waals surface area contributed by atoms with Crippen LogP contribution in [0.4, 0.5) is 5.13 Å². The Kier molecular flexibility index (Phi) is 4.15. The molecule has 1 aromatic heterocycles. The maximum Gasteiger partial charge on any atom is 0.257 e. The molecular weight excluding hydrogens is 340 g/mol. The highest BCUT2D eigenvalue weighted by molar-refractivity contribution is 7.22. The number of hydrogen-bond donors (Lipinski definition) is 1. The molecule has 128 valence electrons. The van der Waals surface area contributed by atoms with Crippen LogP contribution < -0.4 is 19.5 Å². The van der Waals surface area contributed by atoms with Gasteiger partial charge in [0.05, 0.1) is 16.8 Å². The molecule has 0 fully saturated rings. The SMILES string of the molecule is CCOc1ccc2nc(NC(=O)c3ccc4c(c3)OCCO4)sc2c1. The molecule has 7 heteroatoms. The second-order valence-electron chi connectivity index (χ2n) is 5.39. The Balaban J connectivity index is 1.55. The summed E-state index contributed by atoms with van der Waals surface area (Å²) in [5.74, 6) is 1.81. The summed E-state index contributed by atoms with van der Waals surface area (Å²) in [5, 5.41) is 3.38. The number of anilines is 1. The van der Waals surface area contributed by atoms with Gasteiger partial charge in [-0.25, -0.2) is 4.98 Å². The fraction of sp³-hybridized carbons (Fsp3) is 0.222. The van der Waals surface area contributed by atoms with Gasteiger partial charge in [0.2, 0.25) is 0 Å². The average molecular weight is 356 g/mol. The van der Waals surface area contributed by atoms with E-state index in [1.165, 1.54) is 11.3 Å². The molecule has 0 aliphatic carbocycles. The van der Waals surface area contributed by atoms with Crippen molar-refractivity contribution in [2.45, 2.75) is 6.92 Å². The van der Waals surface area contributed by atoms with E-state index in [4.69, 9.17) is 14.2 Å². The van der Waals surface area contributed by atoms with Gasteiger partial charge in [0, 0.05) is 5.56 Å². The van der Waals surface area contributed by atoms with Gasteiger partial charge < -0.3 is 14.2 Å². The number of carbonyl (C=O) groups is 1. The molecule has 2 heterocycles. The van der Waals surface area contributed by atoms with E-state index in [2.05, 4.69) is 10.3 Å². The molecule has 3 aromatic rings. The molecule has 0 saturated carbocycles. The van der Waals surface area contributed by atoms with Gasteiger partial charge >= 0.3 is 0 Å². The Morgan fingerprint density at radius 1 is 1.20 bits per heavy atom. The fourth-order valence-electron chi connectivity index (χ4n) is 2.57. The zero-order valence-electron chi connectivity index (χ0n) is 13.6. The number of benzene rings is 2. The normalized spacial score (nSPS) is 12.8. The van der Waals surface area contributed by atoms with Crippen molar-refractivity contribution >= 4 is 32.6 Å². The number of rotatable bonds is 4. The van der Waals surface area contributed by atoms with Crippen molar-refractivity contribution in [3.05, 3.63) is 42.0 Å². The molecule has 0 saturated heterocycles. The van der Waals surface area contributed by atoms with Gasteiger partial charge in [-0.1, -0.05) is 11.3 Å². The molecule has 4 rings (SSSR count). The maximum absolute atomic E-state index is 12.5. The summed E-state index contributed by atoms with van der Waals surface area (Å²) in [7, 11) is 0. The van der Waals surface area contributed by atoms with E-state index in [1.54, 1.807) is 18.2 Å². The summed E-state index contributed by atoms with van der Waals surface area (Å²) < 4.78 is 17.4. The predicted octanol–water partition coefficient (Wildman–Crippen LogP) is 3.72. The molecule has 0 spiro atoms. The van der Waals surface area contributed by atoms with E-state index in [0.717, 1.165) is 16.0 Å². The van der Waals surface area contributed by atoms with E-state index in [0.29, 0.717) is 42.0 Å². The molecule has 6 nitrogen and oxygen atoms in total. The van der Waals surface area contributed by atoms with E-state index in [1.807, 2.05) is 25.1 Å². The van der Waals surface area contributed by atoms with E-state index >= 15 is 0 Å². The first-order valence-electron chi connectivity index (χ1n) is 7.97. The largest absolute Gasteiger partial charge is 0.494 e. The number of nitrogens with one attached hydrogen (secondary N) is 1. The van der Waals surface area contributed by atoms with Crippen LogP contribution in [-0.2, 0) is 0 Å². The molecule has 0 unspecified atom stereocenters. The number of aromatic nitrogens is 1. The Labute approximate surface area is 148 Å². The number of fused-ring (bicyclic) bond motifs is 2. The van der Waals surface area contributed by atoms with Crippen molar-refractivity contribution in [3.8, 4) is 17.2 Å². The van der Waals surface area contributed by atoms with Crippen LogP contribution >= 0.6 is 11.3 Å². The number of nitrogens with zero attached hydrogens (tertiary/aromatic N) is 1. The lowest BCUT2D eigenvalue weighted by atomic mass is 10.2. The number of ether oxygens (including phenoxy) is 3. The van der Waals surface area contributed by atoms with Crippen LogP contribution in [0.3, 0.4) is 0 Å². The van der Waals surface area contributed by atoms with Crippen LogP contribution in [0.25, 0.3) is 10.2 Å². The van der Waals surface area contributed by atoms with Gasteiger partial charge in [-0.05, 0) is 43.3 Å². The lowest BCUT2D eigenvalue weighted by Gasteiger charge is -2.18. The number of hydrogen-bond acceptors (Lipinski definition) is 6. The van der Waals surface area contributed by atoms with E-state index < -0.39 is 0 Å². The van der Waals surface area contributed by atoms with E-state index in [9.17, 15) is 4.79 Å². The highest BCUT2D eigenvalue weighted by Crippen LogP contribution is 2.32. The number of amides is 1. The Morgan fingerprint density at radius 2 is 2.04 bits per heavy atom. The molecule has 2 aromatic carbocycles. The fourth-order valence-corrected chi connectivity index (χ4v) is 3.46. The Bertz CT molecular complexity index is 938. The first kappa shape index (κ1) is 15.7. The van der Waals surface area contributed by atoms with Gasteiger partial charge in [-0.3, -0.25) is 10.1 Å². The topological polar surface area (TPSA) is 69.7 Å². The summed E-state index contributed by atoms with van der Waals surface area (Å²) in [5.41, 5.74) is 1.32. The molecule has 1 aliphatic rings. The van der Waals surface area contributed by atoms with Crippen molar-refractivity contribution in [2.24, 2.45) is 0 Å². The summed E-state index contributed by atoms with van der Waals surface area (Å²) in [6, 6.07) is 10.8. The number of carbonyl (C=O) groups excluding carboxylic acids is 1. The van der Waals surface area contributed by atoms with E-state index in [-0.39, 0.29) is 5.91 Å². The molecule has 0 radical (unpaired) electrons. The second-order valence-corrected chi connectivity index (χ2v) is 6.42. The highest BCUT2D eigenvalue weighted by atomic mass is 32.1. The van der Waals surface area contributed by atoms with Crippen LogP contribution in [0.1, 0.15) is 17.3 Å². The van der Waals surface area contributed by atoms with Crippen molar-refractivity contribution in [1.29, 1.82) is 0 Å².